The molecule has 0 aliphatic carbocycles. The Kier molecular flexibility index (Phi) is 4.26. The molecule has 4 rings (SSSR count). The second-order valence-corrected chi connectivity index (χ2v) is 7.13. The zero-order valence-corrected chi connectivity index (χ0v) is 14.7. The summed E-state index contributed by atoms with van der Waals surface area (Å²) in [6.07, 6.45) is 0.560. The molecule has 4 amide bonds. The Balaban J connectivity index is 1.55. The Labute approximate surface area is 154 Å². The predicted molar refractivity (Wildman–Crippen MR) is 99.6 cm³/mol. The number of benzene rings is 2. The van der Waals surface area contributed by atoms with E-state index >= 15 is 0 Å². The van der Waals surface area contributed by atoms with E-state index in [9.17, 15) is 14.4 Å². The number of rotatable bonds is 5. The van der Waals surface area contributed by atoms with Crippen LogP contribution in [0, 0.1) is 0 Å². The Bertz CT molecular complexity index is 992. The quantitative estimate of drug-likeness (QED) is 0.515. The number of amides is 4. The van der Waals surface area contributed by atoms with E-state index in [0.29, 0.717) is 6.42 Å². The van der Waals surface area contributed by atoms with Crippen molar-refractivity contribution in [3.63, 3.8) is 0 Å². The van der Waals surface area contributed by atoms with Crippen molar-refractivity contribution in [2.24, 2.45) is 0 Å². The lowest BCUT2D eigenvalue weighted by Gasteiger charge is -2.16. The minimum atomic E-state index is -0.755. The molecule has 0 radical (unpaired) electrons. The number of imide groups is 2. The monoisotopic (exact) mass is 364 g/mol. The molecule has 1 fully saturated rings. The molecule has 0 bridgehead atoms. The number of carbonyl (C=O) groups is 3. The molecule has 5 nitrogen and oxygen atoms in total. The maximum atomic E-state index is 12.6. The van der Waals surface area contributed by atoms with Crippen LogP contribution >= 0.6 is 11.3 Å². The fourth-order valence-corrected chi connectivity index (χ4v) is 3.86. The number of fused-ring (bicyclic) bond motifs is 1. The highest BCUT2D eigenvalue weighted by atomic mass is 32.1. The van der Waals surface area contributed by atoms with Crippen LogP contribution in [0.25, 0.3) is 10.8 Å². The van der Waals surface area contributed by atoms with E-state index in [2.05, 4.69) is 0 Å². The van der Waals surface area contributed by atoms with Crippen LogP contribution < -0.4 is 0 Å². The van der Waals surface area contributed by atoms with Crippen molar-refractivity contribution in [2.45, 2.75) is 13.0 Å². The number of carbonyl (C=O) groups excluding carboxylic acids is 3. The largest absolute Gasteiger partial charge is 0.334 e. The van der Waals surface area contributed by atoms with E-state index in [1.165, 1.54) is 0 Å². The van der Waals surface area contributed by atoms with Gasteiger partial charge in [0.15, 0.2) is 0 Å². The van der Waals surface area contributed by atoms with Gasteiger partial charge in [-0.15, -0.1) is 11.3 Å². The van der Waals surface area contributed by atoms with Gasteiger partial charge in [0.2, 0.25) is 0 Å². The third-order valence-electron chi connectivity index (χ3n) is 4.51. The van der Waals surface area contributed by atoms with Gasteiger partial charge in [-0.3, -0.25) is 19.4 Å². The molecular weight excluding hydrogens is 348 g/mol. The van der Waals surface area contributed by atoms with Crippen LogP contribution in [0.1, 0.15) is 10.4 Å². The lowest BCUT2D eigenvalue weighted by Crippen LogP contribution is -2.34. The maximum absolute atomic E-state index is 12.6. The van der Waals surface area contributed by atoms with E-state index in [4.69, 9.17) is 0 Å². The normalized spacial score (nSPS) is 14.7. The maximum Gasteiger partial charge on any atom is 0.334 e. The lowest BCUT2D eigenvalue weighted by molar-refractivity contribution is -0.143. The van der Waals surface area contributed by atoms with Gasteiger partial charge in [-0.2, -0.15) is 0 Å². The molecule has 0 spiro atoms. The first-order valence-electron chi connectivity index (χ1n) is 8.31. The third kappa shape index (κ3) is 2.88. The van der Waals surface area contributed by atoms with Crippen LogP contribution in [0.5, 0.6) is 0 Å². The highest BCUT2D eigenvalue weighted by Gasteiger charge is 2.44. The molecule has 3 aromatic rings. The zero-order chi connectivity index (χ0) is 18.1. The van der Waals surface area contributed by atoms with Crippen molar-refractivity contribution in [3.8, 4) is 0 Å². The Morgan fingerprint density at radius 2 is 1.58 bits per heavy atom. The second-order valence-electron chi connectivity index (χ2n) is 6.10. The van der Waals surface area contributed by atoms with E-state index in [-0.39, 0.29) is 13.1 Å². The van der Waals surface area contributed by atoms with E-state index in [0.717, 1.165) is 31.0 Å². The van der Waals surface area contributed by atoms with Crippen molar-refractivity contribution in [3.05, 3.63) is 70.4 Å². The van der Waals surface area contributed by atoms with E-state index in [1.54, 1.807) is 11.3 Å². The number of hydrogen-bond donors (Lipinski definition) is 0. The number of nitrogens with zero attached hydrogens (tertiary/aromatic N) is 2. The summed E-state index contributed by atoms with van der Waals surface area (Å²) in [5.41, 5.74) is 0.845. The molecule has 1 aromatic heterocycles. The first kappa shape index (κ1) is 16.5. The molecule has 0 unspecified atom stereocenters. The summed E-state index contributed by atoms with van der Waals surface area (Å²) >= 11 is 1.57. The van der Waals surface area contributed by atoms with E-state index < -0.39 is 17.8 Å². The lowest BCUT2D eigenvalue weighted by atomic mass is 10.0. The fourth-order valence-electron chi connectivity index (χ4n) is 3.16. The topological polar surface area (TPSA) is 57.7 Å². The number of urea groups is 1. The Morgan fingerprint density at radius 3 is 2.38 bits per heavy atom. The highest BCUT2D eigenvalue weighted by Crippen LogP contribution is 2.23. The van der Waals surface area contributed by atoms with Crippen LogP contribution in [0.3, 0.4) is 0 Å². The molecule has 2 heterocycles. The standard InChI is InChI=1S/C20H16N2O3S/c23-18-19(24)22(20(25)21(18)11-10-16-8-4-12-26-16)13-15-7-3-6-14-5-1-2-9-17(14)15/h1-9,12H,10-11,13H2. The summed E-state index contributed by atoms with van der Waals surface area (Å²) in [5.74, 6) is -1.50. The number of thiophene rings is 1. The fraction of sp³-hybridized carbons (Fsp3) is 0.150. The second kappa shape index (κ2) is 6.72. The minimum absolute atomic E-state index is 0.0975. The zero-order valence-electron chi connectivity index (χ0n) is 13.9. The van der Waals surface area contributed by atoms with Crippen molar-refractivity contribution < 1.29 is 14.4 Å². The summed E-state index contributed by atoms with van der Waals surface area (Å²) in [6.45, 7) is 0.316. The summed E-state index contributed by atoms with van der Waals surface area (Å²) < 4.78 is 0. The van der Waals surface area contributed by atoms with Gasteiger partial charge in [0, 0.05) is 17.8 Å². The van der Waals surface area contributed by atoms with Gasteiger partial charge < -0.3 is 0 Å². The Hall–Kier alpha value is -2.99. The van der Waals surface area contributed by atoms with Crippen molar-refractivity contribution in [2.75, 3.05) is 6.54 Å². The molecule has 1 aliphatic heterocycles. The van der Waals surface area contributed by atoms with Crippen molar-refractivity contribution >= 4 is 40.0 Å². The SMILES string of the molecule is O=C1C(=O)N(Cc2cccc3ccccc23)C(=O)N1CCc1cccs1. The summed E-state index contributed by atoms with van der Waals surface area (Å²) in [6, 6.07) is 16.9. The summed E-state index contributed by atoms with van der Waals surface area (Å²) in [7, 11) is 0. The van der Waals surface area contributed by atoms with Crippen molar-refractivity contribution in [1.29, 1.82) is 0 Å². The molecule has 26 heavy (non-hydrogen) atoms. The first-order chi connectivity index (χ1) is 12.6. The Morgan fingerprint density at radius 1 is 0.808 bits per heavy atom. The molecule has 0 atom stereocenters. The summed E-state index contributed by atoms with van der Waals surface area (Å²) in [4.78, 5) is 40.4. The average Bonchev–Trinajstić information content (AvgIpc) is 3.24. The molecular formula is C20H16N2O3S. The van der Waals surface area contributed by atoms with Gasteiger partial charge in [0.1, 0.15) is 0 Å². The molecule has 1 saturated heterocycles. The smallest absolute Gasteiger partial charge is 0.263 e. The molecule has 0 N–H and O–H groups in total. The van der Waals surface area contributed by atoms with Crippen LogP contribution in [-0.2, 0) is 22.6 Å². The molecule has 0 saturated carbocycles. The van der Waals surface area contributed by atoms with Crippen LogP contribution in [0.15, 0.2) is 60.0 Å². The van der Waals surface area contributed by atoms with Crippen LogP contribution in [0.4, 0.5) is 4.79 Å². The number of hydrogen-bond acceptors (Lipinski definition) is 4. The van der Waals surface area contributed by atoms with Gasteiger partial charge in [0.25, 0.3) is 0 Å². The highest BCUT2D eigenvalue weighted by molar-refractivity contribution is 7.09. The third-order valence-corrected chi connectivity index (χ3v) is 5.44. The van der Waals surface area contributed by atoms with Gasteiger partial charge >= 0.3 is 17.8 Å². The van der Waals surface area contributed by atoms with Gasteiger partial charge in [-0.05, 0) is 27.8 Å². The van der Waals surface area contributed by atoms with Crippen LogP contribution in [0.2, 0.25) is 0 Å². The molecule has 6 heteroatoms. The molecule has 130 valence electrons. The van der Waals surface area contributed by atoms with Gasteiger partial charge in [0.05, 0.1) is 6.54 Å². The molecule has 2 aromatic carbocycles. The molecule has 1 aliphatic rings. The van der Waals surface area contributed by atoms with E-state index in [1.807, 2.05) is 60.0 Å². The van der Waals surface area contributed by atoms with Crippen molar-refractivity contribution in [1.82, 2.24) is 9.80 Å². The minimum Gasteiger partial charge on any atom is -0.263 e. The predicted octanol–water partition coefficient (Wildman–Crippen LogP) is 3.43. The van der Waals surface area contributed by atoms with Gasteiger partial charge in [-0.1, -0.05) is 48.5 Å². The average molecular weight is 364 g/mol. The first-order valence-corrected chi connectivity index (χ1v) is 9.19. The van der Waals surface area contributed by atoms with Crippen LogP contribution in [-0.4, -0.2) is 34.2 Å². The summed E-state index contributed by atoms with van der Waals surface area (Å²) in [5, 5.41) is 3.95. The van der Waals surface area contributed by atoms with Gasteiger partial charge in [-0.25, -0.2) is 4.79 Å².